The Morgan fingerprint density at radius 2 is 2.03 bits per heavy atom. The van der Waals surface area contributed by atoms with Crippen molar-refractivity contribution in [1.29, 1.82) is 0 Å². The van der Waals surface area contributed by atoms with Crippen LogP contribution < -0.4 is 16.3 Å². The minimum absolute atomic E-state index is 0. The van der Waals surface area contributed by atoms with Crippen molar-refractivity contribution >= 4 is 29.9 Å². The normalized spacial score (nSPS) is 13.5. The summed E-state index contributed by atoms with van der Waals surface area (Å²) in [4.78, 5) is 16.9. The van der Waals surface area contributed by atoms with Gasteiger partial charge in [0.25, 0.3) is 0 Å². The molecule has 0 unspecified atom stereocenters. The molecule has 1 aliphatic heterocycles. The second-order valence-corrected chi connectivity index (χ2v) is 6.95. The molecule has 0 spiro atoms. The second kappa shape index (κ2) is 11.9. The highest BCUT2D eigenvalue weighted by Gasteiger charge is 2.16. The molecular formula is C20H30FIN6O. The van der Waals surface area contributed by atoms with E-state index in [1.165, 1.54) is 12.1 Å². The third kappa shape index (κ3) is 6.83. The van der Waals surface area contributed by atoms with Gasteiger partial charge in [-0.3, -0.25) is 9.56 Å². The van der Waals surface area contributed by atoms with Crippen molar-refractivity contribution in [3.63, 3.8) is 0 Å². The fourth-order valence-corrected chi connectivity index (χ4v) is 3.32. The molecule has 2 heterocycles. The first-order valence-corrected chi connectivity index (χ1v) is 10.1. The summed E-state index contributed by atoms with van der Waals surface area (Å²) in [5.41, 5.74) is 1.08. The maximum Gasteiger partial charge on any atom is 0.345 e. The Labute approximate surface area is 187 Å². The highest BCUT2D eigenvalue weighted by Crippen LogP contribution is 2.09. The molecule has 0 aliphatic carbocycles. The standard InChI is InChI=1S/C20H29FN6O.HI/c1-2-22-19(24-13-11-16-7-9-17(21)10-8-16)23-12-5-15-27-20(28)26-14-4-3-6-18(26)25-27;/h7-10H,2-6,11-15H2,1H3,(H2,22,23,24);1H. The molecule has 0 saturated heterocycles. The number of hydrogen-bond acceptors (Lipinski definition) is 3. The molecule has 29 heavy (non-hydrogen) atoms. The fraction of sp³-hybridized carbons (Fsp3) is 0.550. The maximum absolute atomic E-state index is 13.0. The van der Waals surface area contributed by atoms with E-state index in [2.05, 4.69) is 20.7 Å². The van der Waals surface area contributed by atoms with Crippen LogP contribution in [0.1, 0.15) is 37.6 Å². The van der Waals surface area contributed by atoms with E-state index >= 15 is 0 Å². The Bertz CT molecular complexity index is 846. The molecule has 0 radical (unpaired) electrons. The SMILES string of the molecule is CCNC(=NCCCn1nc2n(c1=O)CCCC2)NCCc1ccc(F)cc1.I. The van der Waals surface area contributed by atoms with Crippen molar-refractivity contribution in [3.8, 4) is 0 Å². The van der Waals surface area contributed by atoms with Crippen LogP contribution in [0.2, 0.25) is 0 Å². The zero-order chi connectivity index (χ0) is 19.8. The van der Waals surface area contributed by atoms with Crippen LogP contribution in [0.3, 0.4) is 0 Å². The lowest BCUT2D eigenvalue weighted by molar-refractivity contribution is 0.509. The highest BCUT2D eigenvalue weighted by molar-refractivity contribution is 14.0. The summed E-state index contributed by atoms with van der Waals surface area (Å²) >= 11 is 0. The number of nitrogens with zero attached hydrogens (tertiary/aromatic N) is 4. The minimum Gasteiger partial charge on any atom is -0.357 e. The Morgan fingerprint density at radius 3 is 2.76 bits per heavy atom. The van der Waals surface area contributed by atoms with E-state index in [0.717, 1.165) is 62.5 Å². The Hall–Kier alpha value is -1.91. The Kier molecular flexibility index (Phi) is 9.62. The third-order valence-electron chi connectivity index (χ3n) is 4.79. The summed E-state index contributed by atoms with van der Waals surface area (Å²) in [5, 5.41) is 11.0. The van der Waals surface area contributed by atoms with E-state index in [1.54, 1.807) is 21.4 Å². The number of guanidine groups is 1. The predicted octanol–water partition coefficient (Wildman–Crippen LogP) is 2.33. The molecule has 7 nitrogen and oxygen atoms in total. The van der Waals surface area contributed by atoms with Crippen LogP contribution in [-0.2, 0) is 25.9 Å². The van der Waals surface area contributed by atoms with Crippen molar-refractivity contribution in [2.75, 3.05) is 19.6 Å². The number of rotatable bonds is 8. The van der Waals surface area contributed by atoms with Gasteiger partial charge in [-0.1, -0.05) is 12.1 Å². The van der Waals surface area contributed by atoms with Gasteiger partial charge in [0.2, 0.25) is 0 Å². The summed E-state index contributed by atoms with van der Waals surface area (Å²) in [6.45, 7) is 5.49. The largest absolute Gasteiger partial charge is 0.357 e. The zero-order valence-electron chi connectivity index (χ0n) is 16.9. The topological polar surface area (TPSA) is 76.2 Å². The lowest BCUT2D eigenvalue weighted by Gasteiger charge is -2.11. The second-order valence-electron chi connectivity index (χ2n) is 6.95. The molecule has 1 aromatic carbocycles. The number of halogens is 2. The third-order valence-corrected chi connectivity index (χ3v) is 4.79. The molecule has 2 aromatic rings. The molecule has 160 valence electrons. The van der Waals surface area contributed by atoms with E-state index in [9.17, 15) is 9.18 Å². The molecule has 2 N–H and O–H groups in total. The number of nitrogens with one attached hydrogen (secondary N) is 2. The van der Waals surface area contributed by atoms with Gasteiger partial charge >= 0.3 is 5.69 Å². The van der Waals surface area contributed by atoms with Gasteiger partial charge in [0.1, 0.15) is 11.6 Å². The van der Waals surface area contributed by atoms with Crippen LogP contribution in [0.15, 0.2) is 34.1 Å². The van der Waals surface area contributed by atoms with Gasteiger partial charge in [-0.15, -0.1) is 24.0 Å². The van der Waals surface area contributed by atoms with Gasteiger partial charge in [0, 0.05) is 39.1 Å². The van der Waals surface area contributed by atoms with Crippen LogP contribution >= 0.6 is 24.0 Å². The molecule has 0 bridgehead atoms. The number of aliphatic imine (C=N–C) groups is 1. The summed E-state index contributed by atoms with van der Waals surface area (Å²) in [6, 6.07) is 6.54. The summed E-state index contributed by atoms with van der Waals surface area (Å²) < 4.78 is 16.3. The zero-order valence-corrected chi connectivity index (χ0v) is 19.2. The molecule has 0 amide bonds. The number of benzene rings is 1. The van der Waals surface area contributed by atoms with E-state index < -0.39 is 0 Å². The monoisotopic (exact) mass is 516 g/mol. The summed E-state index contributed by atoms with van der Waals surface area (Å²) in [6.07, 6.45) is 4.60. The first kappa shape index (κ1) is 23.4. The van der Waals surface area contributed by atoms with Gasteiger partial charge in [0.15, 0.2) is 5.96 Å². The Morgan fingerprint density at radius 1 is 1.24 bits per heavy atom. The van der Waals surface area contributed by atoms with Crippen LogP contribution in [0.25, 0.3) is 0 Å². The molecule has 0 saturated carbocycles. The van der Waals surface area contributed by atoms with E-state index in [0.29, 0.717) is 19.6 Å². The molecule has 1 aliphatic rings. The first-order chi connectivity index (χ1) is 13.7. The first-order valence-electron chi connectivity index (χ1n) is 10.1. The highest BCUT2D eigenvalue weighted by atomic mass is 127. The lowest BCUT2D eigenvalue weighted by Crippen LogP contribution is -2.38. The van der Waals surface area contributed by atoms with Crippen molar-refractivity contribution in [2.45, 2.75) is 52.1 Å². The van der Waals surface area contributed by atoms with E-state index in [1.807, 2.05) is 6.92 Å². The van der Waals surface area contributed by atoms with Crippen LogP contribution in [0, 0.1) is 5.82 Å². The molecule has 3 rings (SSSR count). The van der Waals surface area contributed by atoms with Gasteiger partial charge < -0.3 is 10.6 Å². The predicted molar refractivity (Wildman–Crippen MR) is 124 cm³/mol. The van der Waals surface area contributed by atoms with Crippen molar-refractivity contribution in [1.82, 2.24) is 25.0 Å². The lowest BCUT2D eigenvalue weighted by atomic mass is 10.1. The van der Waals surface area contributed by atoms with Crippen molar-refractivity contribution < 1.29 is 4.39 Å². The van der Waals surface area contributed by atoms with E-state index in [-0.39, 0.29) is 35.5 Å². The Balaban J connectivity index is 0.00000300. The van der Waals surface area contributed by atoms with Crippen molar-refractivity contribution in [3.05, 3.63) is 52.0 Å². The average molecular weight is 516 g/mol. The average Bonchev–Trinajstić information content (AvgIpc) is 3.03. The van der Waals surface area contributed by atoms with Gasteiger partial charge in [0.05, 0.1) is 0 Å². The number of aryl methyl sites for hydroxylation is 2. The molecule has 1 aromatic heterocycles. The quantitative estimate of drug-likeness (QED) is 0.245. The van der Waals surface area contributed by atoms with Crippen LogP contribution in [0.5, 0.6) is 0 Å². The van der Waals surface area contributed by atoms with Gasteiger partial charge in [-0.25, -0.2) is 13.9 Å². The molecule has 0 atom stereocenters. The maximum atomic E-state index is 13.0. The van der Waals surface area contributed by atoms with E-state index in [4.69, 9.17) is 0 Å². The van der Waals surface area contributed by atoms with Gasteiger partial charge in [-0.05, 0) is 50.3 Å². The number of hydrogen-bond donors (Lipinski definition) is 2. The number of aromatic nitrogens is 3. The van der Waals surface area contributed by atoms with Crippen LogP contribution in [0.4, 0.5) is 4.39 Å². The van der Waals surface area contributed by atoms with Gasteiger partial charge in [-0.2, -0.15) is 5.10 Å². The van der Waals surface area contributed by atoms with Crippen LogP contribution in [-0.4, -0.2) is 39.9 Å². The fourth-order valence-electron chi connectivity index (χ4n) is 3.32. The summed E-state index contributed by atoms with van der Waals surface area (Å²) in [7, 11) is 0. The summed E-state index contributed by atoms with van der Waals surface area (Å²) in [5.74, 6) is 1.45. The number of fused-ring (bicyclic) bond motifs is 1. The smallest absolute Gasteiger partial charge is 0.345 e. The van der Waals surface area contributed by atoms with Crippen molar-refractivity contribution in [2.24, 2.45) is 4.99 Å². The molecule has 9 heteroatoms. The minimum atomic E-state index is -0.218. The molecule has 0 fully saturated rings. The molecular weight excluding hydrogens is 486 g/mol.